The zero-order valence-electron chi connectivity index (χ0n) is 44.6. The van der Waals surface area contributed by atoms with Gasteiger partial charge in [0.25, 0.3) is 0 Å². The number of aryl methyl sites for hydroxylation is 6. The molecule has 0 aromatic carbocycles. The number of hydrogen-bond acceptors (Lipinski definition) is 15. The molecule has 0 N–H and O–H groups in total. The van der Waals surface area contributed by atoms with Gasteiger partial charge in [0.1, 0.15) is 0 Å². The SMILES string of the molecule is Cc1ccc(-c2ccc(-c3ccc(-c4ccc(-c5sc(-c6cc(C)c(-c7ccc(-c8ccc(-c9ccc(-c%10ccc(C)s%10)s9)s8)s7)s6)cc5C)s4)s3)s2)s1.Cc1ccc(-c2ccc(-c3ccc(-c4ccc(-c5sc(Cl)cc5C)s4)s3)s2)s1. The van der Waals surface area contributed by atoms with Crippen molar-refractivity contribution in [2.75, 3.05) is 0 Å². The summed E-state index contributed by atoms with van der Waals surface area (Å²) in [6, 6.07) is 61.2. The fourth-order valence-corrected chi connectivity index (χ4v) is 26.2. The third-order valence-electron chi connectivity index (χ3n) is 13.5. The second-order valence-corrected chi connectivity index (χ2v) is 36.9. The summed E-state index contributed by atoms with van der Waals surface area (Å²) in [5, 5.41) is 0. The van der Waals surface area contributed by atoms with E-state index in [2.05, 4.69) is 199 Å². The maximum Gasteiger partial charge on any atom is 0.0937 e. The van der Waals surface area contributed by atoms with Gasteiger partial charge >= 0.3 is 0 Å². The lowest BCUT2D eigenvalue weighted by atomic mass is 10.2. The van der Waals surface area contributed by atoms with Gasteiger partial charge in [0, 0.05) is 141 Å². The van der Waals surface area contributed by atoms with E-state index in [0.29, 0.717) is 0 Å². The van der Waals surface area contributed by atoms with Crippen LogP contribution in [-0.4, -0.2) is 0 Å². The van der Waals surface area contributed by atoms with Crippen LogP contribution in [0.25, 0.3) is 127 Å². The van der Waals surface area contributed by atoms with Gasteiger partial charge < -0.3 is 0 Å². The zero-order valence-corrected chi connectivity index (χ0v) is 57.6. The van der Waals surface area contributed by atoms with E-state index in [1.54, 1.807) is 11.3 Å². The average molecular weight is 1350 g/mol. The molecule has 15 aromatic heterocycles. The molecule has 82 heavy (non-hydrogen) atoms. The van der Waals surface area contributed by atoms with Crippen molar-refractivity contribution in [3.63, 3.8) is 0 Å². The van der Waals surface area contributed by atoms with Crippen molar-refractivity contribution < 1.29 is 0 Å². The fraction of sp³-hybridized carbons (Fsp3) is 0.0909. The van der Waals surface area contributed by atoms with Gasteiger partial charge in [-0.2, -0.15) is 0 Å². The van der Waals surface area contributed by atoms with Gasteiger partial charge in [-0.25, -0.2) is 0 Å². The first kappa shape index (κ1) is 55.6. The van der Waals surface area contributed by atoms with Gasteiger partial charge in [-0.05, 0) is 222 Å². The molecule has 0 spiro atoms. The van der Waals surface area contributed by atoms with Crippen molar-refractivity contribution in [1.82, 2.24) is 0 Å². The van der Waals surface area contributed by atoms with Gasteiger partial charge in [0.15, 0.2) is 0 Å². The summed E-state index contributed by atoms with van der Waals surface area (Å²) < 4.78 is 0.857. The third-order valence-corrected chi connectivity index (χ3v) is 32.6. The van der Waals surface area contributed by atoms with Gasteiger partial charge in [-0.3, -0.25) is 0 Å². The lowest BCUT2D eigenvalue weighted by molar-refractivity contribution is 1.54. The van der Waals surface area contributed by atoms with E-state index in [0.717, 1.165) is 4.34 Å². The summed E-state index contributed by atoms with van der Waals surface area (Å²) in [6.07, 6.45) is 0. The van der Waals surface area contributed by atoms with Crippen molar-refractivity contribution in [1.29, 1.82) is 0 Å². The summed E-state index contributed by atoms with van der Waals surface area (Å²) in [4.78, 5) is 39.1. The molecular weight excluding hydrogens is 1310 g/mol. The molecule has 0 radical (unpaired) electrons. The van der Waals surface area contributed by atoms with Gasteiger partial charge in [-0.1, -0.05) is 11.6 Å². The highest BCUT2D eigenvalue weighted by atomic mass is 35.5. The van der Waals surface area contributed by atoms with E-state index >= 15 is 0 Å². The van der Waals surface area contributed by atoms with Crippen LogP contribution in [0.1, 0.15) is 31.3 Å². The Morgan fingerprint density at radius 2 is 0.366 bits per heavy atom. The van der Waals surface area contributed by atoms with Crippen molar-refractivity contribution in [3.05, 3.63) is 199 Å². The Bertz CT molecular complexity index is 4510. The molecule has 16 heteroatoms. The van der Waals surface area contributed by atoms with Gasteiger partial charge in [0.2, 0.25) is 0 Å². The zero-order chi connectivity index (χ0) is 55.8. The minimum atomic E-state index is 0.857. The Balaban J connectivity index is 0.000000180. The highest BCUT2D eigenvalue weighted by molar-refractivity contribution is 7.33. The molecule has 0 unspecified atom stereocenters. The van der Waals surface area contributed by atoms with Gasteiger partial charge in [0.05, 0.1) is 4.34 Å². The summed E-state index contributed by atoms with van der Waals surface area (Å²) in [7, 11) is 0. The second-order valence-electron chi connectivity index (χ2n) is 19.5. The molecule has 15 aromatic rings. The number of thiophene rings is 15. The largest absolute Gasteiger partial charge is 0.140 e. The molecule has 0 fully saturated rings. The summed E-state index contributed by atoms with van der Waals surface area (Å²) >= 11 is 34.3. The van der Waals surface area contributed by atoms with Crippen LogP contribution < -0.4 is 0 Å². The molecule has 15 heterocycles. The molecule has 0 aliphatic rings. The topological polar surface area (TPSA) is 0 Å². The second kappa shape index (κ2) is 23.6. The maximum atomic E-state index is 6.19. The number of rotatable bonds is 13. The van der Waals surface area contributed by atoms with E-state index in [-0.39, 0.29) is 0 Å². The van der Waals surface area contributed by atoms with Crippen LogP contribution >= 0.6 is 182 Å². The van der Waals surface area contributed by atoms with Crippen LogP contribution in [0, 0.1) is 41.5 Å². The van der Waals surface area contributed by atoms with Crippen LogP contribution in [0.3, 0.4) is 0 Å². The lowest BCUT2D eigenvalue weighted by Crippen LogP contribution is -1.67. The van der Waals surface area contributed by atoms with Crippen LogP contribution in [-0.2, 0) is 0 Å². The standard InChI is InChI=1S/C44H30S10.C22H15ClS5/c1-23-21-41(53-43(23)39-19-17-37(51-39)35-15-13-33(49-35)31-11-9-29(47-31)27-7-5-25(3)45-27)42-22-24(2)44(54-42)40-20-18-38(52-40)36-16-14-34(50-36)32-12-10-30(48-32)28-8-6-26(4)46-28;1-12-11-21(23)28-22(12)20-10-9-19(27-20)18-8-7-17(26-18)16-6-5-15(25-16)14-4-3-13(2)24-14/h5-22H,1-4H3;3-11H,1-2H3. The molecule has 0 bridgehead atoms. The summed E-state index contributed by atoms with van der Waals surface area (Å²) in [5.41, 5.74) is 3.96. The number of hydrogen-bond donors (Lipinski definition) is 0. The van der Waals surface area contributed by atoms with E-state index < -0.39 is 0 Å². The van der Waals surface area contributed by atoms with E-state index in [1.165, 1.54) is 158 Å². The number of halogens is 1. The first-order chi connectivity index (χ1) is 39.9. The van der Waals surface area contributed by atoms with Crippen molar-refractivity contribution in [2.24, 2.45) is 0 Å². The van der Waals surface area contributed by atoms with Crippen LogP contribution in [0.5, 0.6) is 0 Å². The molecule has 0 atom stereocenters. The Hall–Kier alpha value is -4.21. The molecule has 0 saturated heterocycles. The predicted molar refractivity (Wildman–Crippen MR) is 385 cm³/mol. The Kier molecular flexibility index (Phi) is 16.0. The minimum absolute atomic E-state index is 0.857. The van der Waals surface area contributed by atoms with Crippen LogP contribution in [0.15, 0.2) is 164 Å². The Labute approximate surface area is 542 Å². The van der Waals surface area contributed by atoms with Gasteiger partial charge in [-0.15, -0.1) is 170 Å². The fourth-order valence-electron chi connectivity index (χ4n) is 9.48. The van der Waals surface area contributed by atoms with E-state index in [9.17, 15) is 0 Å². The summed E-state index contributed by atoms with van der Waals surface area (Å²) in [6.45, 7) is 13.2. The lowest BCUT2D eigenvalue weighted by Gasteiger charge is -1.95. The highest BCUT2D eigenvalue weighted by Gasteiger charge is 2.20. The van der Waals surface area contributed by atoms with Crippen LogP contribution in [0.4, 0.5) is 0 Å². The molecule has 15 rings (SSSR count). The minimum Gasteiger partial charge on any atom is -0.140 e. The smallest absolute Gasteiger partial charge is 0.0937 e. The molecule has 0 nitrogen and oxygen atoms in total. The monoisotopic (exact) mass is 1350 g/mol. The van der Waals surface area contributed by atoms with Crippen molar-refractivity contribution >= 4 is 182 Å². The average Bonchev–Trinajstić information content (AvgIpc) is 4.34. The van der Waals surface area contributed by atoms with Crippen molar-refractivity contribution in [2.45, 2.75) is 41.5 Å². The van der Waals surface area contributed by atoms with Crippen LogP contribution in [0.2, 0.25) is 4.34 Å². The third kappa shape index (κ3) is 11.5. The maximum absolute atomic E-state index is 6.19. The Morgan fingerprint density at radius 1 is 0.183 bits per heavy atom. The first-order valence-corrected chi connectivity index (χ1v) is 38.6. The van der Waals surface area contributed by atoms with E-state index in [4.69, 9.17) is 11.6 Å². The predicted octanol–water partition coefficient (Wildman–Crippen LogP) is 28.5. The molecule has 0 aliphatic heterocycles. The summed E-state index contributed by atoms with van der Waals surface area (Å²) in [5.74, 6) is 0. The molecule has 0 aliphatic carbocycles. The highest BCUT2D eigenvalue weighted by Crippen LogP contribution is 2.52. The first-order valence-electron chi connectivity index (χ1n) is 26.0. The molecule has 406 valence electrons. The van der Waals surface area contributed by atoms with E-state index in [1.807, 2.05) is 165 Å². The molecule has 0 saturated carbocycles. The quantitative estimate of drug-likeness (QED) is 0.108. The molecular formula is C66H45ClS15. The Morgan fingerprint density at radius 3 is 0.573 bits per heavy atom. The normalized spacial score (nSPS) is 11.6. The molecule has 0 amide bonds. The van der Waals surface area contributed by atoms with Crippen molar-refractivity contribution in [3.8, 4) is 127 Å².